The minimum Gasteiger partial charge on any atom is -0.352 e. The molecule has 20 heavy (non-hydrogen) atoms. The molecule has 0 spiro atoms. The zero-order chi connectivity index (χ0) is 14.8. The number of hydrazine groups is 1. The number of hydrogen-bond acceptors (Lipinski definition) is 6. The Balaban J connectivity index is 2.11. The van der Waals surface area contributed by atoms with Crippen molar-refractivity contribution in [3.63, 3.8) is 0 Å². The monoisotopic (exact) mass is 299 g/mol. The number of nitrogens with two attached hydrogens (primary N) is 1. The van der Waals surface area contributed by atoms with Crippen LogP contribution in [0.5, 0.6) is 0 Å². The SMILES string of the molecule is CC(NS(=O)(=O)c1ncccc1NN)C(=O)NC1CC1. The standard InChI is InChI=1S/C11H17N5O3S/c1-7(10(17)14-8-4-5-8)16-20(18,19)11-9(15-12)3-2-6-13-11/h2-3,6-8,15-16H,4-5,12H2,1H3,(H,14,17). The summed E-state index contributed by atoms with van der Waals surface area (Å²) in [5, 5.41) is 2.49. The average molecular weight is 299 g/mol. The zero-order valence-electron chi connectivity index (χ0n) is 11.0. The van der Waals surface area contributed by atoms with Gasteiger partial charge in [0, 0.05) is 12.2 Å². The summed E-state index contributed by atoms with van der Waals surface area (Å²) in [7, 11) is -3.93. The Hall–Kier alpha value is -1.71. The number of nitrogens with zero attached hydrogens (tertiary/aromatic N) is 1. The molecule has 2 rings (SSSR count). The van der Waals surface area contributed by atoms with Crippen molar-refractivity contribution in [2.45, 2.75) is 36.9 Å². The normalized spacial score (nSPS) is 16.5. The molecule has 0 saturated heterocycles. The van der Waals surface area contributed by atoms with Crippen LogP contribution in [0.3, 0.4) is 0 Å². The van der Waals surface area contributed by atoms with Crippen LogP contribution in [-0.4, -0.2) is 31.4 Å². The number of nitrogens with one attached hydrogen (secondary N) is 3. The van der Waals surface area contributed by atoms with Crippen LogP contribution in [-0.2, 0) is 14.8 Å². The van der Waals surface area contributed by atoms with E-state index in [-0.39, 0.29) is 22.7 Å². The molecule has 0 bridgehead atoms. The second-order valence-electron chi connectivity index (χ2n) is 4.63. The molecule has 110 valence electrons. The molecule has 1 amide bonds. The Morgan fingerprint density at radius 3 is 2.80 bits per heavy atom. The van der Waals surface area contributed by atoms with Gasteiger partial charge in [0.25, 0.3) is 10.0 Å². The summed E-state index contributed by atoms with van der Waals surface area (Å²) in [6.45, 7) is 1.48. The fourth-order valence-electron chi connectivity index (χ4n) is 1.61. The number of amides is 1. The third-order valence-corrected chi connectivity index (χ3v) is 4.33. The molecular weight excluding hydrogens is 282 g/mol. The Labute approximate surface area is 117 Å². The van der Waals surface area contributed by atoms with Crippen molar-refractivity contribution in [1.82, 2.24) is 15.0 Å². The van der Waals surface area contributed by atoms with Gasteiger partial charge in [-0.25, -0.2) is 13.4 Å². The maximum atomic E-state index is 12.2. The van der Waals surface area contributed by atoms with E-state index < -0.39 is 16.1 Å². The second kappa shape index (κ2) is 5.73. The number of sulfonamides is 1. The van der Waals surface area contributed by atoms with Crippen LogP contribution >= 0.6 is 0 Å². The number of rotatable bonds is 6. The van der Waals surface area contributed by atoms with E-state index in [4.69, 9.17) is 5.84 Å². The van der Waals surface area contributed by atoms with Crippen LogP contribution in [0.4, 0.5) is 5.69 Å². The Morgan fingerprint density at radius 1 is 1.50 bits per heavy atom. The van der Waals surface area contributed by atoms with E-state index in [9.17, 15) is 13.2 Å². The van der Waals surface area contributed by atoms with Crippen LogP contribution in [0.1, 0.15) is 19.8 Å². The molecule has 1 aromatic rings. The highest BCUT2D eigenvalue weighted by Gasteiger charge is 2.29. The fraction of sp³-hybridized carbons (Fsp3) is 0.455. The van der Waals surface area contributed by atoms with Gasteiger partial charge in [0.05, 0.1) is 11.7 Å². The van der Waals surface area contributed by atoms with Crippen molar-refractivity contribution in [1.29, 1.82) is 0 Å². The first kappa shape index (κ1) is 14.7. The predicted octanol–water partition coefficient (Wildman–Crippen LogP) is -0.687. The summed E-state index contributed by atoms with van der Waals surface area (Å²) >= 11 is 0. The first-order valence-electron chi connectivity index (χ1n) is 6.18. The molecule has 1 atom stereocenters. The molecule has 0 radical (unpaired) electrons. The van der Waals surface area contributed by atoms with E-state index in [1.54, 1.807) is 6.07 Å². The number of carbonyl (C=O) groups excluding carboxylic acids is 1. The van der Waals surface area contributed by atoms with E-state index >= 15 is 0 Å². The van der Waals surface area contributed by atoms with Crippen LogP contribution in [0.2, 0.25) is 0 Å². The first-order valence-corrected chi connectivity index (χ1v) is 7.66. The Morgan fingerprint density at radius 2 is 2.20 bits per heavy atom. The number of carbonyl (C=O) groups is 1. The second-order valence-corrected chi connectivity index (χ2v) is 6.26. The molecule has 1 aliphatic rings. The maximum Gasteiger partial charge on any atom is 0.260 e. The summed E-state index contributed by atoms with van der Waals surface area (Å²) < 4.78 is 26.6. The van der Waals surface area contributed by atoms with Gasteiger partial charge in [-0.05, 0) is 31.9 Å². The third kappa shape index (κ3) is 3.44. The van der Waals surface area contributed by atoms with Gasteiger partial charge >= 0.3 is 0 Å². The summed E-state index contributed by atoms with van der Waals surface area (Å²) in [6, 6.07) is 2.33. The smallest absolute Gasteiger partial charge is 0.260 e. The summed E-state index contributed by atoms with van der Waals surface area (Å²) in [5.74, 6) is 4.90. The van der Waals surface area contributed by atoms with Crippen molar-refractivity contribution in [3.05, 3.63) is 18.3 Å². The molecule has 5 N–H and O–H groups in total. The summed E-state index contributed by atoms with van der Waals surface area (Å²) in [5.41, 5.74) is 2.43. The van der Waals surface area contributed by atoms with E-state index in [0.717, 1.165) is 12.8 Å². The van der Waals surface area contributed by atoms with Crippen LogP contribution < -0.4 is 21.3 Å². The van der Waals surface area contributed by atoms with E-state index in [1.165, 1.54) is 19.2 Å². The number of hydrogen-bond donors (Lipinski definition) is 4. The largest absolute Gasteiger partial charge is 0.352 e. The third-order valence-electron chi connectivity index (χ3n) is 2.83. The highest BCUT2D eigenvalue weighted by Crippen LogP contribution is 2.19. The first-order chi connectivity index (χ1) is 9.44. The predicted molar refractivity (Wildman–Crippen MR) is 73.0 cm³/mol. The van der Waals surface area contributed by atoms with Crippen LogP contribution in [0.25, 0.3) is 0 Å². The van der Waals surface area contributed by atoms with Crippen molar-refractivity contribution in [2.24, 2.45) is 5.84 Å². The number of nitrogen functional groups attached to an aromatic ring is 1. The molecule has 1 saturated carbocycles. The summed E-state index contributed by atoms with van der Waals surface area (Å²) in [6.07, 6.45) is 3.21. The van der Waals surface area contributed by atoms with Gasteiger partial charge in [-0.3, -0.25) is 10.6 Å². The zero-order valence-corrected chi connectivity index (χ0v) is 11.8. The number of aromatic nitrogens is 1. The Kier molecular flexibility index (Phi) is 4.21. The lowest BCUT2D eigenvalue weighted by atomic mass is 10.3. The van der Waals surface area contributed by atoms with Gasteiger partial charge in [-0.1, -0.05) is 0 Å². The minimum atomic E-state index is -3.93. The lowest BCUT2D eigenvalue weighted by molar-refractivity contribution is -0.122. The molecule has 9 heteroatoms. The van der Waals surface area contributed by atoms with Crippen molar-refractivity contribution in [2.75, 3.05) is 5.43 Å². The lowest BCUT2D eigenvalue weighted by Crippen LogP contribution is -2.45. The number of pyridine rings is 1. The number of anilines is 1. The average Bonchev–Trinajstić information content (AvgIpc) is 3.22. The van der Waals surface area contributed by atoms with Gasteiger partial charge in [-0.15, -0.1) is 0 Å². The highest BCUT2D eigenvalue weighted by molar-refractivity contribution is 7.89. The van der Waals surface area contributed by atoms with E-state index in [1.807, 2.05) is 0 Å². The molecule has 0 aliphatic heterocycles. The Bertz CT molecular complexity index is 600. The quantitative estimate of drug-likeness (QED) is 0.407. The molecule has 1 unspecified atom stereocenters. The highest BCUT2D eigenvalue weighted by atomic mass is 32.2. The lowest BCUT2D eigenvalue weighted by Gasteiger charge is -2.15. The van der Waals surface area contributed by atoms with E-state index in [0.29, 0.717) is 0 Å². The van der Waals surface area contributed by atoms with Gasteiger partial charge in [0.2, 0.25) is 5.91 Å². The molecule has 1 aliphatic carbocycles. The van der Waals surface area contributed by atoms with Gasteiger partial charge in [-0.2, -0.15) is 4.72 Å². The maximum absolute atomic E-state index is 12.2. The topological polar surface area (TPSA) is 126 Å². The summed E-state index contributed by atoms with van der Waals surface area (Å²) in [4.78, 5) is 15.5. The molecule has 0 aromatic carbocycles. The minimum absolute atomic E-state index is 0.162. The van der Waals surface area contributed by atoms with Crippen LogP contribution in [0.15, 0.2) is 23.4 Å². The van der Waals surface area contributed by atoms with Crippen molar-refractivity contribution in [3.8, 4) is 0 Å². The molecule has 1 aromatic heterocycles. The molecule has 1 fully saturated rings. The van der Waals surface area contributed by atoms with Gasteiger partial charge in [0.1, 0.15) is 0 Å². The van der Waals surface area contributed by atoms with Crippen molar-refractivity contribution < 1.29 is 13.2 Å². The van der Waals surface area contributed by atoms with Gasteiger partial charge in [0.15, 0.2) is 5.03 Å². The molecule has 8 nitrogen and oxygen atoms in total. The van der Waals surface area contributed by atoms with E-state index in [2.05, 4.69) is 20.4 Å². The molecule has 1 heterocycles. The fourth-order valence-corrected chi connectivity index (χ4v) is 2.91. The molecular formula is C11H17N5O3S. The van der Waals surface area contributed by atoms with Crippen molar-refractivity contribution >= 4 is 21.6 Å². The van der Waals surface area contributed by atoms with Gasteiger partial charge < -0.3 is 10.7 Å². The van der Waals surface area contributed by atoms with Crippen LogP contribution in [0, 0.1) is 0 Å².